The van der Waals surface area contributed by atoms with Gasteiger partial charge in [0.15, 0.2) is 0 Å². The molecule has 0 fully saturated rings. The summed E-state index contributed by atoms with van der Waals surface area (Å²) in [5, 5.41) is 13.1. The number of rotatable bonds is 7. The van der Waals surface area contributed by atoms with Crippen LogP contribution in [0.15, 0.2) is 22.7 Å². The number of halogens is 1. The van der Waals surface area contributed by atoms with Gasteiger partial charge in [0.05, 0.1) is 12.1 Å². The van der Waals surface area contributed by atoms with Gasteiger partial charge in [-0.3, -0.25) is 0 Å². The average molecular weight is 343 g/mol. The molecule has 1 aromatic carbocycles. The summed E-state index contributed by atoms with van der Waals surface area (Å²) in [5.74, 6) is 0. The van der Waals surface area contributed by atoms with Gasteiger partial charge in [0, 0.05) is 23.2 Å². The molecule has 1 aromatic rings. The highest BCUT2D eigenvalue weighted by Crippen LogP contribution is 2.32. The fourth-order valence-electron chi connectivity index (χ4n) is 2.08. The van der Waals surface area contributed by atoms with Gasteiger partial charge in [-0.2, -0.15) is 0 Å². The van der Waals surface area contributed by atoms with Crippen LogP contribution in [0.25, 0.3) is 0 Å². The first-order valence-electron chi connectivity index (χ1n) is 7.21. The number of hydrogen-bond acceptors (Lipinski definition) is 3. The van der Waals surface area contributed by atoms with Gasteiger partial charge in [-0.1, -0.05) is 28.9 Å². The van der Waals surface area contributed by atoms with Gasteiger partial charge in [-0.15, -0.1) is 0 Å². The fraction of sp³-hybridized carbons (Fsp3) is 0.625. The average Bonchev–Trinajstić information content (AvgIpc) is 2.43. The van der Waals surface area contributed by atoms with Gasteiger partial charge in [-0.25, -0.2) is 0 Å². The predicted molar refractivity (Wildman–Crippen MR) is 90.4 cm³/mol. The van der Waals surface area contributed by atoms with Crippen LogP contribution in [-0.4, -0.2) is 30.8 Å². The summed E-state index contributed by atoms with van der Waals surface area (Å²) in [6, 6.07) is 6.63. The lowest BCUT2D eigenvalue weighted by Crippen LogP contribution is -2.45. The Kier molecular flexibility index (Phi) is 6.49. The minimum atomic E-state index is -0.292. The van der Waals surface area contributed by atoms with Crippen molar-refractivity contribution in [3.63, 3.8) is 0 Å². The van der Waals surface area contributed by atoms with E-state index in [1.54, 1.807) is 0 Å². The van der Waals surface area contributed by atoms with Crippen LogP contribution >= 0.6 is 15.9 Å². The van der Waals surface area contributed by atoms with Crippen molar-refractivity contribution in [2.75, 3.05) is 25.1 Å². The normalized spacial score (nSPS) is 13.3. The molecule has 1 rings (SSSR count). The SMILES string of the molecule is CCCNC(C)c1ccc(Br)cc1N(C)C(C)(C)CO. The van der Waals surface area contributed by atoms with Gasteiger partial charge in [-0.05, 0) is 51.4 Å². The Morgan fingerprint density at radius 3 is 2.60 bits per heavy atom. The summed E-state index contributed by atoms with van der Waals surface area (Å²) >= 11 is 3.55. The van der Waals surface area contributed by atoms with Gasteiger partial charge >= 0.3 is 0 Å². The third-order valence-electron chi connectivity index (χ3n) is 3.82. The molecule has 0 heterocycles. The minimum Gasteiger partial charge on any atom is -0.394 e. The summed E-state index contributed by atoms with van der Waals surface area (Å²) in [6.07, 6.45) is 1.12. The van der Waals surface area contributed by atoms with Crippen LogP contribution in [0, 0.1) is 0 Å². The highest BCUT2D eigenvalue weighted by atomic mass is 79.9. The molecule has 0 aromatic heterocycles. The highest BCUT2D eigenvalue weighted by Gasteiger charge is 2.25. The van der Waals surface area contributed by atoms with Gasteiger partial charge < -0.3 is 15.3 Å². The number of nitrogens with zero attached hydrogens (tertiary/aromatic N) is 1. The van der Waals surface area contributed by atoms with Crippen molar-refractivity contribution in [3.05, 3.63) is 28.2 Å². The van der Waals surface area contributed by atoms with E-state index >= 15 is 0 Å². The second-order valence-corrected chi connectivity index (χ2v) is 6.82. The third-order valence-corrected chi connectivity index (χ3v) is 4.31. The van der Waals surface area contributed by atoms with E-state index in [1.807, 2.05) is 20.9 Å². The maximum atomic E-state index is 9.60. The summed E-state index contributed by atoms with van der Waals surface area (Å²) < 4.78 is 1.06. The topological polar surface area (TPSA) is 35.5 Å². The zero-order valence-corrected chi connectivity index (χ0v) is 14.8. The van der Waals surface area contributed by atoms with Crippen molar-refractivity contribution in [1.82, 2.24) is 5.32 Å². The number of anilines is 1. The second-order valence-electron chi connectivity index (χ2n) is 5.91. The first-order valence-corrected chi connectivity index (χ1v) is 8.00. The van der Waals surface area contributed by atoms with Gasteiger partial charge in [0.25, 0.3) is 0 Å². The highest BCUT2D eigenvalue weighted by molar-refractivity contribution is 9.10. The van der Waals surface area contributed by atoms with Crippen LogP contribution in [0.3, 0.4) is 0 Å². The lowest BCUT2D eigenvalue weighted by atomic mass is 9.99. The lowest BCUT2D eigenvalue weighted by Gasteiger charge is -2.38. The van der Waals surface area contributed by atoms with Crippen LogP contribution in [0.2, 0.25) is 0 Å². The van der Waals surface area contributed by atoms with Gasteiger partial charge in [0.1, 0.15) is 0 Å². The molecule has 114 valence electrons. The first-order chi connectivity index (χ1) is 9.33. The Labute approximate surface area is 131 Å². The smallest absolute Gasteiger partial charge is 0.0658 e. The number of aliphatic hydroxyl groups is 1. The van der Waals surface area contributed by atoms with Crippen molar-refractivity contribution in [3.8, 4) is 0 Å². The van der Waals surface area contributed by atoms with Crippen LogP contribution in [0.1, 0.15) is 45.7 Å². The van der Waals surface area contributed by atoms with Crippen LogP contribution in [-0.2, 0) is 0 Å². The molecule has 0 saturated carbocycles. The van der Waals surface area contributed by atoms with E-state index in [1.165, 1.54) is 5.56 Å². The fourth-order valence-corrected chi connectivity index (χ4v) is 2.43. The summed E-state index contributed by atoms with van der Waals surface area (Å²) in [6.45, 7) is 9.56. The standard InChI is InChI=1S/C16H27BrN2O/c1-6-9-18-12(2)14-8-7-13(17)10-15(14)19(5)16(3,4)11-20/h7-8,10,12,18,20H,6,9,11H2,1-5H3. The van der Waals surface area contributed by atoms with Crippen molar-refractivity contribution in [2.45, 2.75) is 45.7 Å². The molecule has 3 nitrogen and oxygen atoms in total. The first kappa shape index (κ1) is 17.5. The molecule has 0 spiro atoms. The molecular formula is C16H27BrN2O. The molecule has 0 saturated heterocycles. The van der Waals surface area contributed by atoms with Crippen molar-refractivity contribution < 1.29 is 5.11 Å². The molecule has 1 unspecified atom stereocenters. The molecule has 0 aliphatic heterocycles. The maximum absolute atomic E-state index is 9.60. The molecule has 0 aliphatic carbocycles. The summed E-state index contributed by atoms with van der Waals surface area (Å²) in [5.41, 5.74) is 2.11. The molecular weight excluding hydrogens is 316 g/mol. The minimum absolute atomic E-state index is 0.117. The lowest BCUT2D eigenvalue weighted by molar-refractivity contribution is 0.216. The zero-order chi connectivity index (χ0) is 15.3. The molecule has 0 radical (unpaired) electrons. The Balaban J connectivity index is 3.13. The Morgan fingerprint density at radius 2 is 2.05 bits per heavy atom. The molecule has 0 aliphatic rings. The van der Waals surface area contributed by atoms with E-state index in [9.17, 15) is 5.11 Å². The summed E-state index contributed by atoms with van der Waals surface area (Å²) in [4.78, 5) is 2.15. The Morgan fingerprint density at radius 1 is 1.40 bits per heavy atom. The van der Waals surface area contributed by atoms with Crippen molar-refractivity contribution in [1.29, 1.82) is 0 Å². The number of hydrogen-bond donors (Lipinski definition) is 2. The molecule has 20 heavy (non-hydrogen) atoms. The molecule has 2 N–H and O–H groups in total. The Hall–Kier alpha value is -0.580. The maximum Gasteiger partial charge on any atom is 0.0658 e. The van der Waals surface area contributed by atoms with Crippen molar-refractivity contribution >= 4 is 21.6 Å². The molecule has 0 amide bonds. The molecule has 0 bridgehead atoms. The number of benzene rings is 1. The van der Waals surface area contributed by atoms with Crippen LogP contribution in [0.5, 0.6) is 0 Å². The van der Waals surface area contributed by atoms with Crippen LogP contribution < -0.4 is 10.2 Å². The van der Waals surface area contributed by atoms with E-state index < -0.39 is 0 Å². The van der Waals surface area contributed by atoms with E-state index in [2.05, 4.69) is 58.2 Å². The second kappa shape index (κ2) is 7.43. The number of aliphatic hydroxyl groups excluding tert-OH is 1. The van der Waals surface area contributed by atoms with Gasteiger partial charge in [0.2, 0.25) is 0 Å². The molecule has 1 atom stereocenters. The van der Waals surface area contributed by atoms with E-state index in [0.717, 1.165) is 23.1 Å². The predicted octanol–water partition coefficient (Wildman–Crippen LogP) is 3.72. The summed E-state index contributed by atoms with van der Waals surface area (Å²) in [7, 11) is 2.04. The van der Waals surface area contributed by atoms with E-state index in [-0.39, 0.29) is 18.2 Å². The van der Waals surface area contributed by atoms with E-state index in [4.69, 9.17) is 0 Å². The van der Waals surface area contributed by atoms with Crippen LogP contribution in [0.4, 0.5) is 5.69 Å². The molecule has 4 heteroatoms. The zero-order valence-electron chi connectivity index (χ0n) is 13.2. The Bertz CT molecular complexity index is 434. The monoisotopic (exact) mass is 342 g/mol. The number of likely N-dealkylation sites (N-methyl/N-ethyl adjacent to an activating group) is 1. The largest absolute Gasteiger partial charge is 0.394 e. The quantitative estimate of drug-likeness (QED) is 0.792. The third kappa shape index (κ3) is 4.21. The van der Waals surface area contributed by atoms with Crippen molar-refractivity contribution in [2.24, 2.45) is 0 Å². The number of nitrogens with one attached hydrogen (secondary N) is 1. The van der Waals surface area contributed by atoms with E-state index in [0.29, 0.717) is 0 Å².